The van der Waals surface area contributed by atoms with Gasteiger partial charge >= 0.3 is 11.9 Å². The van der Waals surface area contributed by atoms with Crippen LogP contribution in [0.15, 0.2) is 35.5 Å². The second kappa shape index (κ2) is 9.29. The molecule has 5 nitrogen and oxygen atoms in total. The van der Waals surface area contributed by atoms with E-state index in [0.29, 0.717) is 29.7 Å². The Kier molecular flexibility index (Phi) is 6.99. The van der Waals surface area contributed by atoms with Gasteiger partial charge in [0, 0.05) is 17.9 Å². The molecule has 1 N–H and O–H groups in total. The molecule has 2 aliphatic carbocycles. The average Bonchev–Trinajstić information content (AvgIpc) is 2.65. The van der Waals surface area contributed by atoms with E-state index in [-0.39, 0.29) is 36.5 Å². The first kappa shape index (κ1) is 21.8. The summed E-state index contributed by atoms with van der Waals surface area (Å²) < 4.78 is 11.4. The van der Waals surface area contributed by atoms with Crippen LogP contribution in [0.5, 0.6) is 0 Å². The zero-order chi connectivity index (χ0) is 21.1. The lowest BCUT2D eigenvalue weighted by Crippen LogP contribution is -2.41. The third-order valence-electron chi connectivity index (χ3n) is 6.67. The number of cyclic esters (lactones) is 1. The third kappa shape index (κ3) is 5.19. The highest BCUT2D eigenvalue weighted by atomic mass is 16.5. The highest BCUT2D eigenvalue weighted by molar-refractivity contribution is 5.87. The first-order valence-corrected chi connectivity index (χ1v) is 10.9. The van der Waals surface area contributed by atoms with Crippen molar-refractivity contribution in [3.63, 3.8) is 0 Å². The molecule has 5 heteroatoms. The number of aliphatic hydroxyl groups is 1. The fourth-order valence-electron chi connectivity index (χ4n) is 4.99. The molecule has 0 spiro atoms. The van der Waals surface area contributed by atoms with Crippen LogP contribution in [0, 0.1) is 23.7 Å². The lowest BCUT2D eigenvalue weighted by Gasteiger charge is -2.43. The Morgan fingerprint density at radius 1 is 1.31 bits per heavy atom. The molecule has 0 bridgehead atoms. The zero-order valence-electron chi connectivity index (χ0n) is 18.0. The van der Waals surface area contributed by atoms with E-state index < -0.39 is 6.10 Å². The smallest absolute Gasteiger partial charge is 0.333 e. The van der Waals surface area contributed by atoms with Crippen LogP contribution >= 0.6 is 0 Å². The van der Waals surface area contributed by atoms with Crippen molar-refractivity contribution < 1.29 is 24.2 Å². The van der Waals surface area contributed by atoms with Gasteiger partial charge in [0.15, 0.2) is 0 Å². The molecule has 0 aromatic rings. The van der Waals surface area contributed by atoms with E-state index in [0.717, 1.165) is 19.3 Å². The van der Waals surface area contributed by atoms with E-state index in [9.17, 15) is 14.7 Å². The van der Waals surface area contributed by atoms with Gasteiger partial charge in [0.25, 0.3) is 0 Å². The van der Waals surface area contributed by atoms with E-state index >= 15 is 0 Å². The van der Waals surface area contributed by atoms with Crippen LogP contribution in [0.3, 0.4) is 0 Å². The monoisotopic (exact) mass is 402 g/mol. The number of hydrogen-bond acceptors (Lipinski definition) is 5. The minimum absolute atomic E-state index is 0.0921. The molecule has 3 rings (SSSR count). The number of esters is 2. The molecule has 1 aliphatic heterocycles. The van der Waals surface area contributed by atoms with Gasteiger partial charge in [-0.3, -0.25) is 4.79 Å². The summed E-state index contributed by atoms with van der Waals surface area (Å²) in [6.07, 6.45) is 10.5. The first-order chi connectivity index (χ1) is 13.8. The quantitative estimate of drug-likeness (QED) is 0.553. The van der Waals surface area contributed by atoms with Crippen molar-refractivity contribution in [3.8, 4) is 0 Å². The van der Waals surface area contributed by atoms with Crippen molar-refractivity contribution in [2.45, 2.75) is 78.1 Å². The minimum Gasteiger partial charge on any atom is -0.462 e. The maximum Gasteiger partial charge on any atom is 0.333 e. The van der Waals surface area contributed by atoms with Gasteiger partial charge in [0.05, 0.1) is 12.5 Å². The van der Waals surface area contributed by atoms with Gasteiger partial charge < -0.3 is 14.6 Å². The van der Waals surface area contributed by atoms with Gasteiger partial charge in [-0.05, 0) is 56.4 Å². The third-order valence-corrected chi connectivity index (χ3v) is 6.67. The van der Waals surface area contributed by atoms with Crippen LogP contribution in [-0.4, -0.2) is 35.4 Å². The van der Waals surface area contributed by atoms with E-state index in [1.165, 1.54) is 5.57 Å². The number of rotatable bonds is 5. The van der Waals surface area contributed by atoms with Crippen molar-refractivity contribution in [1.82, 2.24) is 0 Å². The average molecular weight is 403 g/mol. The molecule has 0 amide bonds. The second-order valence-corrected chi connectivity index (χ2v) is 8.99. The predicted molar refractivity (Wildman–Crippen MR) is 111 cm³/mol. The molecule has 1 fully saturated rings. The molecule has 29 heavy (non-hydrogen) atoms. The maximum absolute atomic E-state index is 12.5. The molecule has 0 aromatic carbocycles. The molecular weight excluding hydrogens is 368 g/mol. The van der Waals surface area contributed by atoms with E-state index in [4.69, 9.17) is 9.47 Å². The summed E-state index contributed by atoms with van der Waals surface area (Å²) in [5.41, 5.74) is 1.89. The topological polar surface area (TPSA) is 72.8 Å². The van der Waals surface area contributed by atoms with Gasteiger partial charge in [0.2, 0.25) is 0 Å². The Labute approximate surface area is 173 Å². The van der Waals surface area contributed by atoms with Gasteiger partial charge in [-0.1, -0.05) is 38.2 Å². The Morgan fingerprint density at radius 3 is 2.76 bits per heavy atom. The van der Waals surface area contributed by atoms with Crippen LogP contribution in [0.4, 0.5) is 0 Å². The SMILES string of the molecule is C/C=C(/C)C(=O)O[C@H]1C[C@@H](C)C=C2C=C[C@H](C)[C@H](CC[C@H]3C[C@@H](O)CC(=O)O3)[C@H]21. The van der Waals surface area contributed by atoms with Gasteiger partial charge in [-0.15, -0.1) is 0 Å². The van der Waals surface area contributed by atoms with Crippen molar-refractivity contribution >= 4 is 11.9 Å². The number of aliphatic hydroxyl groups excluding tert-OH is 1. The highest BCUT2D eigenvalue weighted by Crippen LogP contribution is 2.45. The van der Waals surface area contributed by atoms with Gasteiger partial charge in [-0.25, -0.2) is 4.79 Å². The number of fused-ring (bicyclic) bond motifs is 1. The molecule has 0 saturated carbocycles. The summed E-state index contributed by atoms with van der Waals surface area (Å²) in [5, 5.41) is 9.89. The first-order valence-electron chi connectivity index (χ1n) is 10.9. The summed E-state index contributed by atoms with van der Waals surface area (Å²) in [6.45, 7) is 8.00. The summed E-state index contributed by atoms with van der Waals surface area (Å²) in [6, 6.07) is 0. The number of allylic oxidation sites excluding steroid dienone is 4. The normalized spacial score (nSPS) is 37.4. The number of carbonyl (C=O) groups is 2. The zero-order valence-corrected chi connectivity index (χ0v) is 18.0. The van der Waals surface area contributed by atoms with Gasteiger partial charge in [-0.2, -0.15) is 0 Å². The minimum atomic E-state index is -0.603. The molecule has 7 atom stereocenters. The van der Waals surface area contributed by atoms with Crippen LogP contribution < -0.4 is 0 Å². The van der Waals surface area contributed by atoms with Crippen LogP contribution in [0.1, 0.15) is 59.8 Å². The molecule has 0 unspecified atom stereocenters. The maximum atomic E-state index is 12.5. The fraction of sp³-hybridized carbons (Fsp3) is 0.667. The van der Waals surface area contributed by atoms with Crippen LogP contribution in [0.25, 0.3) is 0 Å². The van der Waals surface area contributed by atoms with Crippen LogP contribution in [-0.2, 0) is 19.1 Å². The highest BCUT2D eigenvalue weighted by Gasteiger charge is 2.42. The molecule has 3 aliphatic rings. The van der Waals surface area contributed by atoms with Crippen molar-refractivity contribution in [3.05, 3.63) is 35.5 Å². The summed E-state index contributed by atoms with van der Waals surface area (Å²) in [4.78, 5) is 24.1. The van der Waals surface area contributed by atoms with E-state index in [1.807, 2.05) is 6.92 Å². The molecule has 160 valence electrons. The molecular formula is C24H34O5. The number of hydrogen-bond donors (Lipinski definition) is 1. The van der Waals surface area contributed by atoms with E-state index in [2.05, 4.69) is 32.1 Å². The standard InChI is InChI=1S/C24H34O5/c1-5-15(3)24(27)29-21-11-14(2)10-17-7-6-16(4)20(23(17)21)9-8-19-12-18(25)13-22(26)28-19/h5-7,10,14,16,18-21,23,25H,8-9,11-13H2,1-4H3/b15-5-/t14-,16-,18+,19-,20-,21-,23-/m0/s1. The lowest BCUT2D eigenvalue weighted by molar-refractivity contribution is -0.161. The van der Waals surface area contributed by atoms with E-state index in [1.54, 1.807) is 13.0 Å². The molecule has 1 saturated heterocycles. The fourth-order valence-corrected chi connectivity index (χ4v) is 4.99. The lowest BCUT2D eigenvalue weighted by atomic mass is 9.65. The largest absolute Gasteiger partial charge is 0.462 e. The molecule has 0 aromatic heterocycles. The Hall–Kier alpha value is -1.88. The summed E-state index contributed by atoms with van der Waals surface area (Å²) >= 11 is 0. The number of ether oxygens (including phenoxy) is 2. The number of carbonyl (C=O) groups excluding carboxylic acids is 2. The Balaban J connectivity index is 1.76. The van der Waals surface area contributed by atoms with Crippen LogP contribution in [0.2, 0.25) is 0 Å². The Morgan fingerprint density at radius 2 is 2.07 bits per heavy atom. The molecule has 1 heterocycles. The van der Waals surface area contributed by atoms with Crippen molar-refractivity contribution in [2.75, 3.05) is 0 Å². The molecule has 0 radical (unpaired) electrons. The van der Waals surface area contributed by atoms with Crippen molar-refractivity contribution in [2.24, 2.45) is 23.7 Å². The second-order valence-electron chi connectivity index (χ2n) is 8.99. The van der Waals surface area contributed by atoms with Gasteiger partial charge in [0.1, 0.15) is 12.2 Å². The summed E-state index contributed by atoms with van der Waals surface area (Å²) in [5.74, 6) is 0.614. The van der Waals surface area contributed by atoms with Crippen molar-refractivity contribution in [1.29, 1.82) is 0 Å². The summed E-state index contributed by atoms with van der Waals surface area (Å²) in [7, 11) is 0. The predicted octanol–water partition coefficient (Wildman–Crippen LogP) is 4.12. The Bertz CT molecular complexity index is 719.